The van der Waals surface area contributed by atoms with Gasteiger partial charge in [-0.25, -0.2) is 21.6 Å². The zero-order valence-corrected chi connectivity index (χ0v) is 17.8. The molecule has 2 aromatic carbocycles. The average Bonchev–Trinajstić information content (AvgIpc) is 2.67. The van der Waals surface area contributed by atoms with Crippen molar-refractivity contribution < 1.29 is 26.3 Å². The second-order valence-electron chi connectivity index (χ2n) is 6.64. The molecular formula is C19H24N2O6S2. The molecule has 1 atom stereocenters. The normalized spacial score (nSPS) is 16.6. The summed E-state index contributed by atoms with van der Waals surface area (Å²) in [7, 11) is -6.09. The van der Waals surface area contributed by atoms with Crippen molar-refractivity contribution in [3.63, 3.8) is 0 Å². The van der Waals surface area contributed by atoms with Gasteiger partial charge in [0.2, 0.25) is 20.0 Å². The molecule has 0 amide bonds. The van der Waals surface area contributed by atoms with Crippen LogP contribution in [0.3, 0.4) is 0 Å². The minimum atomic E-state index is -3.92. The van der Waals surface area contributed by atoms with E-state index in [0.29, 0.717) is 25.2 Å². The van der Waals surface area contributed by atoms with Gasteiger partial charge in [-0.3, -0.25) is 4.72 Å². The third kappa shape index (κ3) is 5.01. The Kier molecular flexibility index (Phi) is 6.35. The largest absolute Gasteiger partial charge is 0.495 e. The van der Waals surface area contributed by atoms with Gasteiger partial charge in [-0.1, -0.05) is 25.1 Å². The molecule has 158 valence electrons. The minimum Gasteiger partial charge on any atom is -0.495 e. The highest BCUT2D eigenvalue weighted by Crippen LogP contribution is 2.34. The molecule has 0 spiro atoms. The summed E-state index contributed by atoms with van der Waals surface area (Å²) in [5, 5.41) is 0. The van der Waals surface area contributed by atoms with Crippen molar-refractivity contribution >= 4 is 25.7 Å². The molecule has 2 N–H and O–H groups in total. The molecule has 10 heteroatoms. The second kappa shape index (κ2) is 8.60. The topological polar surface area (TPSA) is 111 Å². The number of hydrogen-bond donors (Lipinski definition) is 2. The Bertz CT molecular complexity index is 1080. The van der Waals surface area contributed by atoms with Crippen LogP contribution in [-0.2, 0) is 20.0 Å². The molecule has 0 saturated carbocycles. The van der Waals surface area contributed by atoms with Gasteiger partial charge in [-0.15, -0.1) is 0 Å². The van der Waals surface area contributed by atoms with E-state index in [1.807, 2.05) is 18.2 Å². The fourth-order valence-corrected chi connectivity index (χ4v) is 5.69. The maximum absolute atomic E-state index is 13.0. The summed E-state index contributed by atoms with van der Waals surface area (Å²) >= 11 is 0. The molecule has 29 heavy (non-hydrogen) atoms. The summed E-state index contributed by atoms with van der Waals surface area (Å²) < 4.78 is 65.9. The lowest BCUT2D eigenvalue weighted by atomic mass is 10.0. The van der Waals surface area contributed by atoms with E-state index in [1.165, 1.54) is 25.3 Å². The van der Waals surface area contributed by atoms with Crippen LogP contribution < -0.4 is 18.9 Å². The molecule has 0 saturated heterocycles. The number of anilines is 1. The van der Waals surface area contributed by atoms with Gasteiger partial charge in [0.1, 0.15) is 16.4 Å². The van der Waals surface area contributed by atoms with Gasteiger partial charge >= 0.3 is 0 Å². The number of sulfonamides is 2. The zero-order valence-electron chi connectivity index (χ0n) is 16.2. The molecule has 2 aromatic rings. The summed E-state index contributed by atoms with van der Waals surface area (Å²) in [6.07, 6.45) is 0.961. The number of ether oxygens (including phenoxy) is 2. The third-order valence-electron chi connectivity index (χ3n) is 4.46. The fourth-order valence-electron chi connectivity index (χ4n) is 3.17. The molecule has 1 aliphatic heterocycles. The van der Waals surface area contributed by atoms with Crippen LogP contribution in [0.2, 0.25) is 0 Å². The quantitative estimate of drug-likeness (QED) is 0.653. The number of para-hydroxylation sites is 1. The highest BCUT2D eigenvalue weighted by Gasteiger charge is 2.28. The lowest BCUT2D eigenvalue weighted by Crippen LogP contribution is -2.32. The van der Waals surface area contributed by atoms with Crippen LogP contribution in [0.25, 0.3) is 0 Å². The van der Waals surface area contributed by atoms with Crippen LogP contribution in [-0.4, -0.2) is 36.3 Å². The summed E-state index contributed by atoms with van der Waals surface area (Å²) in [6.45, 7) is 2.16. The van der Waals surface area contributed by atoms with Crippen LogP contribution in [0.5, 0.6) is 11.5 Å². The van der Waals surface area contributed by atoms with Gasteiger partial charge in [0, 0.05) is 18.1 Å². The van der Waals surface area contributed by atoms with Crippen molar-refractivity contribution in [3.8, 4) is 11.5 Å². The lowest BCUT2D eigenvalue weighted by Gasteiger charge is -2.26. The van der Waals surface area contributed by atoms with E-state index in [2.05, 4.69) is 9.44 Å². The molecule has 3 rings (SSSR count). The smallest absolute Gasteiger partial charge is 0.244 e. The van der Waals surface area contributed by atoms with Crippen LogP contribution in [0.4, 0.5) is 5.69 Å². The first-order chi connectivity index (χ1) is 13.8. The number of rotatable bonds is 8. The zero-order chi connectivity index (χ0) is 21.1. The standard InChI is InChI=1S/C19H24N2O6S2/c1-3-12-28(22,23)20-14-8-9-19(18(13-14)26-2)29(24,25)21-16-10-11-27-17-7-5-4-6-15(16)17/h4-9,13,16,20-21H,3,10-12H2,1-2H3. The summed E-state index contributed by atoms with van der Waals surface area (Å²) in [4.78, 5) is -0.0672. The summed E-state index contributed by atoms with van der Waals surface area (Å²) in [5.74, 6) is 0.675. The van der Waals surface area contributed by atoms with Crippen molar-refractivity contribution in [2.75, 3.05) is 24.2 Å². The Balaban J connectivity index is 1.88. The molecule has 0 aliphatic carbocycles. The number of nitrogens with one attached hydrogen (secondary N) is 2. The van der Waals surface area contributed by atoms with Crippen LogP contribution >= 0.6 is 0 Å². The summed E-state index contributed by atoms with van der Waals surface area (Å²) in [6, 6.07) is 10.9. The predicted molar refractivity (Wildman–Crippen MR) is 110 cm³/mol. The highest BCUT2D eigenvalue weighted by atomic mass is 32.2. The third-order valence-corrected chi connectivity index (χ3v) is 7.46. The second-order valence-corrected chi connectivity index (χ2v) is 10.2. The Morgan fingerprint density at radius 1 is 1.14 bits per heavy atom. The Morgan fingerprint density at radius 2 is 1.90 bits per heavy atom. The van der Waals surface area contributed by atoms with Crippen LogP contribution in [0.1, 0.15) is 31.4 Å². The van der Waals surface area contributed by atoms with Crippen molar-refractivity contribution in [2.24, 2.45) is 0 Å². The molecule has 1 heterocycles. The predicted octanol–water partition coefficient (Wildman–Crippen LogP) is 2.65. The van der Waals surface area contributed by atoms with Crippen molar-refractivity contribution in [3.05, 3.63) is 48.0 Å². The minimum absolute atomic E-state index is 0.0277. The Labute approximate surface area is 171 Å². The maximum atomic E-state index is 13.0. The summed E-state index contributed by atoms with van der Waals surface area (Å²) in [5.41, 5.74) is 1.01. The van der Waals surface area contributed by atoms with Gasteiger partial charge in [-0.2, -0.15) is 0 Å². The van der Waals surface area contributed by atoms with E-state index in [4.69, 9.17) is 9.47 Å². The first-order valence-electron chi connectivity index (χ1n) is 9.18. The highest BCUT2D eigenvalue weighted by molar-refractivity contribution is 7.92. The van der Waals surface area contributed by atoms with E-state index in [-0.39, 0.29) is 22.1 Å². The maximum Gasteiger partial charge on any atom is 0.244 e. The van der Waals surface area contributed by atoms with Crippen molar-refractivity contribution in [1.82, 2.24) is 4.72 Å². The molecule has 0 radical (unpaired) electrons. The van der Waals surface area contributed by atoms with Crippen LogP contribution in [0, 0.1) is 0 Å². The van der Waals surface area contributed by atoms with E-state index in [9.17, 15) is 16.8 Å². The van der Waals surface area contributed by atoms with Gasteiger partial charge in [0.05, 0.1) is 31.2 Å². The van der Waals surface area contributed by atoms with Gasteiger partial charge in [0.25, 0.3) is 0 Å². The number of fused-ring (bicyclic) bond motifs is 1. The van der Waals surface area contributed by atoms with Gasteiger partial charge in [0.15, 0.2) is 0 Å². The van der Waals surface area contributed by atoms with E-state index >= 15 is 0 Å². The van der Waals surface area contributed by atoms with E-state index < -0.39 is 26.1 Å². The van der Waals surface area contributed by atoms with Gasteiger partial charge in [-0.05, 0) is 24.6 Å². The van der Waals surface area contributed by atoms with Crippen LogP contribution in [0.15, 0.2) is 47.4 Å². The monoisotopic (exact) mass is 440 g/mol. The Morgan fingerprint density at radius 3 is 2.62 bits per heavy atom. The first kappa shape index (κ1) is 21.4. The van der Waals surface area contributed by atoms with E-state index in [1.54, 1.807) is 13.0 Å². The fraction of sp³-hybridized carbons (Fsp3) is 0.368. The SMILES string of the molecule is CCCS(=O)(=O)Nc1ccc(S(=O)(=O)NC2CCOc3ccccc32)c(OC)c1. The molecule has 0 aromatic heterocycles. The number of benzene rings is 2. The van der Waals surface area contributed by atoms with Gasteiger partial charge < -0.3 is 9.47 Å². The van der Waals surface area contributed by atoms with Crippen molar-refractivity contribution in [1.29, 1.82) is 0 Å². The first-order valence-corrected chi connectivity index (χ1v) is 12.3. The Hall–Kier alpha value is -2.30. The number of hydrogen-bond acceptors (Lipinski definition) is 6. The molecule has 0 fully saturated rings. The van der Waals surface area contributed by atoms with E-state index in [0.717, 1.165) is 5.56 Å². The van der Waals surface area contributed by atoms with Crippen molar-refractivity contribution in [2.45, 2.75) is 30.7 Å². The lowest BCUT2D eigenvalue weighted by molar-refractivity contribution is 0.263. The molecule has 1 unspecified atom stereocenters. The molecule has 1 aliphatic rings. The average molecular weight is 441 g/mol. The molecule has 8 nitrogen and oxygen atoms in total. The molecular weight excluding hydrogens is 416 g/mol. The number of methoxy groups -OCH3 is 1. The molecule has 0 bridgehead atoms.